The molecule has 1 aromatic carbocycles. The largest absolute Gasteiger partial charge is 0.493 e. The maximum absolute atomic E-state index is 12.4. The molecular weight excluding hydrogens is 342 g/mol. The molecule has 3 rings (SSSR count). The first-order chi connectivity index (χ1) is 11.5. The number of nitrogens with zero attached hydrogens (tertiary/aromatic N) is 1. The average Bonchev–Trinajstić information content (AvgIpc) is 2.83. The van der Waals surface area contributed by atoms with Crippen molar-refractivity contribution in [2.24, 2.45) is 0 Å². The van der Waals surface area contributed by atoms with E-state index in [0.717, 1.165) is 16.9 Å². The normalized spacial score (nSPS) is 21.4. The summed E-state index contributed by atoms with van der Waals surface area (Å²) < 4.78 is 11.9. The van der Waals surface area contributed by atoms with Gasteiger partial charge < -0.3 is 9.47 Å². The fraction of sp³-hybridized carbons (Fsp3) is 0.222. The van der Waals surface area contributed by atoms with Crippen LogP contribution in [0.2, 0.25) is 0 Å². The Morgan fingerprint density at radius 3 is 3.00 bits per heavy atom. The van der Waals surface area contributed by atoms with Crippen LogP contribution in [-0.4, -0.2) is 34.9 Å². The topological polar surface area (TPSA) is 38.8 Å². The van der Waals surface area contributed by atoms with E-state index in [1.54, 1.807) is 18.1 Å². The summed E-state index contributed by atoms with van der Waals surface area (Å²) in [5, 5.41) is 0. The molecule has 1 amide bonds. The molecule has 0 bridgehead atoms. The van der Waals surface area contributed by atoms with Gasteiger partial charge in [0.25, 0.3) is 5.91 Å². The van der Waals surface area contributed by atoms with Crippen LogP contribution in [-0.2, 0) is 4.79 Å². The summed E-state index contributed by atoms with van der Waals surface area (Å²) in [7, 11) is 1.62. The van der Waals surface area contributed by atoms with Crippen molar-refractivity contribution in [3.8, 4) is 11.5 Å². The number of methoxy groups -OCH3 is 1. The Labute approximate surface area is 150 Å². The molecule has 1 aromatic rings. The minimum atomic E-state index is -0.184. The molecule has 1 atom stereocenters. The fourth-order valence-corrected chi connectivity index (χ4v) is 3.85. The molecule has 6 heteroatoms. The van der Waals surface area contributed by atoms with Gasteiger partial charge in [-0.05, 0) is 30.7 Å². The zero-order valence-corrected chi connectivity index (χ0v) is 15.1. The Bertz CT molecular complexity index is 782. The number of rotatable bonds is 4. The number of para-hydroxylation sites is 1. The maximum Gasteiger partial charge on any atom is 0.266 e. The first-order valence-corrected chi connectivity index (χ1v) is 8.69. The third kappa shape index (κ3) is 2.99. The number of thiocarbonyl (C=S) groups is 1. The Balaban J connectivity index is 1.95. The van der Waals surface area contributed by atoms with E-state index >= 15 is 0 Å². The average molecular weight is 359 g/mol. The van der Waals surface area contributed by atoms with E-state index in [9.17, 15) is 4.79 Å². The Hall–Kier alpha value is -2.05. The second-order valence-corrected chi connectivity index (χ2v) is 7.04. The zero-order valence-electron chi connectivity index (χ0n) is 13.4. The number of benzene rings is 1. The van der Waals surface area contributed by atoms with Crippen molar-refractivity contribution in [2.45, 2.75) is 13.0 Å². The van der Waals surface area contributed by atoms with Gasteiger partial charge in [0.2, 0.25) is 0 Å². The Morgan fingerprint density at radius 1 is 1.50 bits per heavy atom. The van der Waals surface area contributed by atoms with Gasteiger partial charge in [-0.3, -0.25) is 9.69 Å². The molecular formula is C18H17NO3S2. The van der Waals surface area contributed by atoms with Crippen LogP contribution in [0.25, 0.3) is 6.08 Å². The highest BCUT2D eigenvalue weighted by Crippen LogP contribution is 2.39. The summed E-state index contributed by atoms with van der Waals surface area (Å²) >= 11 is 6.57. The van der Waals surface area contributed by atoms with Crippen molar-refractivity contribution in [1.82, 2.24) is 4.90 Å². The van der Waals surface area contributed by atoms with Gasteiger partial charge in [-0.15, -0.1) is 6.58 Å². The van der Waals surface area contributed by atoms with Gasteiger partial charge in [-0.1, -0.05) is 42.2 Å². The van der Waals surface area contributed by atoms with Crippen LogP contribution in [0, 0.1) is 0 Å². The van der Waals surface area contributed by atoms with Gasteiger partial charge in [-0.25, -0.2) is 0 Å². The fourth-order valence-electron chi connectivity index (χ4n) is 2.57. The van der Waals surface area contributed by atoms with E-state index in [1.165, 1.54) is 11.8 Å². The second kappa shape index (κ2) is 6.83. The van der Waals surface area contributed by atoms with E-state index in [-0.39, 0.29) is 12.0 Å². The molecule has 124 valence electrons. The minimum Gasteiger partial charge on any atom is -0.493 e. The number of carbonyl (C=O) groups is 1. The molecule has 0 N–H and O–H groups in total. The number of hydrogen-bond donors (Lipinski definition) is 0. The third-order valence-electron chi connectivity index (χ3n) is 3.80. The summed E-state index contributed by atoms with van der Waals surface area (Å²) in [5.41, 5.74) is 1.86. The van der Waals surface area contributed by atoms with Crippen molar-refractivity contribution in [2.75, 3.05) is 13.7 Å². The number of hydrogen-bond acceptors (Lipinski definition) is 5. The van der Waals surface area contributed by atoms with E-state index in [0.29, 0.717) is 21.5 Å². The Morgan fingerprint density at radius 2 is 2.29 bits per heavy atom. The van der Waals surface area contributed by atoms with Gasteiger partial charge in [0.1, 0.15) is 10.4 Å². The van der Waals surface area contributed by atoms with E-state index in [1.807, 2.05) is 37.3 Å². The van der Waals surface area contributed by atoms with Crippen LogP contribution in [0.15, 0.2) is 47.4 Å². The van der Waals surface area contributed by atoms with E-state index < -0.39 is 0 Å². The molecule has 0 spiro atoms. The Kier molecular flexibility index (Phi) is 4.78. The lowest BCUT2D eigenvalue weighted by molar-refractivity contribution is -0.121. The second-order valence-electron chi connectivity index (χ2n) is 5.36. The van der Waals surface area contributed by atoms with Crippen molar-refractivity contribution >= 4 is 40.3 Å². The molecule has 1 saturated heterocycles. The van der Waals surface area contributed by atoms with Gasteiger partial charge in [-0.2, -0.15) is 0 Å². The summed E-state index contributed by atoms with van der Waals surface area (Å²) in [6, 6.07) is 5.74. The van der Waals surface area contributed by atoms with Gasteiger partial charge in [0, 0.05) is 12.1 Å². The standard InChI is InChI=1S/C18H17NO3S2/c1-4-8-19-17(20)15(24-18(19)23)10-13-9-12-6-5-7-14(21-3)16(12)22-11(13)2/h4-7,9-11H,1,8H2,2-3H3. The number of thioether (sulfide) groups is 1. The third-order valence-corrected chi connectivity index (χ3v) is 5.18. The number of carbonyl (C=O) groups excluding carboxylic acids is 1. The van der Waals surface area contributed by atoms with Gasteiger partial charge in [0.05, 0.1) is 12.0 Å². The minimum absolute atomic E-state index is 0.0885. The molecule has 0 saturated carbocycles. The lowest BCUT2D eigenvalue weighted by Crippen LogP contribution is -2.28. The predicted octanol–water partition coefficient (Wildman–Crippen LogP) is 3.79. The molecule has 24 heavy (non-hydrogen) atoms. The molecule has 4 nitrogen and oxygen atoms in total. The van der Waals surface area contributed by atoms with Gasteiger partial charge >= 0.3 is 0 Å². The summed E-state index contributed by atoms with van der Waals surface area (Å²) in [6.45, 7) is 6.03. The van der Waals surface area contributed by atoms with Crippen LogP contribution in [0.5, 0.6) is 11.5 Å². The van der Waals surface area contributed by atoms with Crippen molar-refractivity contribution in [3.63, 3.8) is 0 Å². The summed E-state index contributed by atoms with van der Waals surface area (Å²) in [4.78, 5) is 14.6. The van der Waals surface area contributed by atoms with E-state index in [4.69, 9.17) is 21.7 Å². The molecule has 0 aromatic heterocycles. The highest BCUT2D eigenvalue weighted by Gasteiger charge is 2.32. The summed E-state index contributed by atoms with van der Waals surface area (Å²) in [5.74, 6) is 1.34. The molecule has 0 radical (unpaired) electrons. The van der Waals surface area contributed by atoms with Crippen molar-refractivity contribution in [1.29, 1.82) is 0 Å². The first-order valence-electron chi connectivity index (χ1n) is 7.46. The number of ether oxygens (including phenoxy) is 2. The van der Waals surface area contributed by atoms with Crippen LogP contribution >= 0.6 is 24.0 Å². The summed E-state index contributed by atoms with van der Waals surface area (Å²) in [6.07, 6.45) is 5.36. The van der Waals surface area contributed by atoms with Crippen molar-refractivity contribution in [3.05, 3.63) is 53.0 Å². The smallest absolute Gasteiger partial charge is 0.266 e. The lowest BCUT2D eigenvalue weighted by atomic mass is 10.0. The quantitative estimate of drug-likeness (QED) is 0.465. The molecule has 2 heterocycles. The lowest BCUT2D eigenvalue weighted by Gasteiger charge is -2.24. The molecule has 2 aliphatic rings. The first kappa shape index (κ1) is 16.8. The zero-order chi connectivity index (χ0) is 17.3. The number of fused-ring (bicyclic) bond motifs is 1. The van der Waals surface area contributed by atoms with Crippen LogP contribution < -0.4 is 9.47 Å². The highest BCUT2D eigenvalue weighted by molar-refractivity contribution is 8.26. The SMILES string of the molecule is C=CCN1C(=O)C(=CC2=Cc3cccc(OC)c3OC2C)SC1=S. The van der Waals surface area contributed by atoms with Crippen LogP contribution in [0.4, 0.5) is 0 Å². The van der Waals surface area contributed by atoms with E-state index in [2.05, 4.69) is 6.58 Å². The molecule has 1 unspecified atom stereocenters. The maximum atomic E-state index is 12.4. The molecule has 1 fully saturated rings. The van der Waals surface area contributed by atoms with Gasteiger partial charge in [0.15, 0.2) is 11.5 Å². The van der Waals surface area contributed by atoms with Crippen LogP contribution in [0.1, 0.15) is 12.5 Å². The molecule has 0 aliphatic carbocycles. The number of amides is 1. The monoisotopic (exact) mass is 359 g/mol. The van der Waals surface area contributed by atoms with Crippen LogP contribution in [0.3, 0.4) is 0 Å². The van der Waals surface area contributed by atoms with Crippen molar-refractivity contribution < 1.29 is 14.3 Å². The highest BCUT2D eigenvalue weighted by atomic mass is 32.2. The molecule has 2 aliphatic heterocycles. The predicted molar refractivity (Wildman–Crippen MR) is 101 cm³/mol.